The maximum absolute atomic E-state index is 14.7. The molecule has 4 N–H and O–H groups in total. The molecule has 134 valence electrons. The van der Waals surface area contributed by atoms with Crippen molar-refractivity contribution < 1.29 is 23.8 Å². The van der Waals surface area contributed by atoms with Crippen LogP contribution in [0.25, 0.3) is 0 Å². The van der Waals surface area contributed by atoms with E-state index >= 15 is 0 Å². The average molecular weight is 461 g/mol. The Labute approximate surface area is 157 Å². The summed E-state index contributed by atoms with van der Waals surface area (Å²) >= 11 is 2.08. The van der Waals surface area contributed by atoms with Crippen LogP contribution >= 0.6 is 22.6 Å². The molecular weight excluding hydrogens is 444 g/mol. The fourth-order valence-corrected chi connectivity index (χ4v) is 3.17. The van der Waals surface area contributed by atoms with E-state index < -0.39 is 35.6 Å². The Kier molecular flexibility index (Phi) is 5.09. The minimum Gasteiger partial charge on any atom is -0.394 e. The molecule has 1 aromatic carbocycles. The van der Waals surface area contributed by atoms with E-state index in [1.165, 1.54) is 12.1 Å². The SMILES string of the molecule is NC1(C(=O)c2ccc(I)cc2)NC(=O)N([C@H]2CC[C@@H](CO)O2)C=C1F. The summed E-state index contributed by atoms with van der Waals surface area (Å²) < 4.78 is 21.0. The molecule has 0 aliphatic carbocycles. The van der Waals surface area contributed by atoms with Crippen molar-refractivity contribution in [1.82, 2.24) is 10.2 Å². The zero-order valence-electron chi connectivity index (χ0n) is 13.1. The number of benzene rings is 1. The van der Waals surface area contributed by atoms with Crippen molar-refractivity contribution in [1.29, 1.82) is 0 Å². The fraction of sp³-hybridized carbons (Fsp3) is 0.375. The van der Waals surface area contributed by atoms with Crippen LogP contribution in [0.15, 0.2) is 36.3 Å². The minimum absolute atomic E-state index is 0.176. The van der Waals surface area contributed by atoms with Crippen molar-refractivity contribution in [3.63, 3.8) is 0 Å². The highest BCUT2D eigenvalue weighted by Crippen LogP contribution is 2.29. The Hall–Kier alpha value is -1.56. The number of ether oxygens (including phenoxy) is 1. The van der Waals surface area contributed by atoms with E-state index in [4.69, 9.17) is 15.6 Å². The highest BCUT2D eigenvalue weighted by Gasteiger charge is 2.47. The van der Waals surface area contributed by atoms with E-state index in [-0.39, 0.29) is 12.2 Å². The molecule has 0 saturated carbocycles. The minimum atomic E-state index is -2.25. The summed E-state index contributed by atoms with van der Waals surface area (Å²) in [7, 11) is 0. The van der Waals surface area contributed by atoms with Gasteiger partial charge < -0.3 is 15.2 Å². The summed E-state index contributed by atoms with van der Waals surface area (Å²) in [5, 5.41) is 11.3. The lowest BCUT2D eigenvalue weighted by molar-refractivity contribution is -0.0394. The van der Waals surface area contributed by atoms with Gasteiger partial charge in [0.2, 0.25) is 11.4 Å². The number of urea groups is 1. The van der Waals surface area contributed by atoms with Crippen molar-refractivity contribution in [3.05, 3.63) is 45.4 Å². The van der Waals surface area contributed by atoms with Gasteiger partial charge in [-0.15, -0.1) is 0 Å². The van der Waals surface area contributed by atoms with Crippen molar-refractivity contribution in [2.45, 2.75) is 30.8 Å². The number of Topliss-reactive ketones (excluding diaryl/α,β-unsaturated/α-hetero) is 1. The Morgan fingerprint density at radius 2 is 2.12 bits per heavy atom. The lowest BCUT2D eigenvalue weighted by atomic mass is 9.96. The van der Waals surface area contributed by atoms with Gasteiger partial charge >= 0.3 is 6.03 Å². The second-order valence-corrected chi connectivity index (χ2v) is 7.18. The van der Waals surface area contributed by atoms with Gasteiger partial charge in [-0.2, -0.15) is 0 Å². The Morgan fingerprint density at radius 1 is 1.44 bits per heavy atom. The van der Waals surface area contributed by atoms with Crippen LogP contribution in [0.4, 0.5) is 9.18 Å². The molecule has 1 fully saturated rings. The van der Waals surface area contributed by atoms with Crippen molar-refractivity contribution in [3.8, 4) is 0 Å². The number of aliphatic hydroxyl groups is 1. The number of nitrogens with two attached hydrogens (primary N) is 1. The van der Waals surface area contributed by atoms with E-state index in [2.05, 4.69) is 27.9 Å². The molecule has 2 aliphatic rings. The van der Waals surface area contributed by atoms with E-state index in [0.717, 1.165) is 14.7 Å². The number of amides is 2. The monoisotopic (exact) mass is 461 g/mol. The number of aliphatic hydroxyl groups excluding tert-OH is 1. The molecule has 0 spiro atoms. The van der Waals surface area contributed by atoms with Gasteiger partial charge in [0.1, 0.15) is 6.23 Å². The third-order valence-electron chi connectivity index (χ3n) is 4.23. The number of halogens is 2. The second-order valence-electron chi connectivity index (χ2n) is 5.93. The summed E-state index contributed by atoms with van der Waals surface area (Å²) in [6, 6.07) is 5.70. The lowest BCUT2D eigenvalue weighted by Gasteiger charge is -2.37. The average Bonchev–Trinajstić information content (AvgIpc) is 3.07. The van der Waals surface area contributed by atoms with E-state index in [1.54, 1.807) is 12.1 Å². The van der Waals surface area contributed by atoms with Gasteiger partial charge in [0.25, 0.3) is 0 Å². The molecule has 1 unspecified atom stereocenters. The topological polar surface area (TPSA) is 105 Å². The normalized spacial score (nSPS) is 29.4. The van der Waals surface area contributed by atoms with Crippen LogP contribution in [0, 0.1) is 3.57 Å². The molecule has 1 aromatic rings. The standard InChI is InChI=1S/C16H17FIN3O4/c17-12-7-21(13-6-5-11(8-22)25-13)15(24)20-16(12,19)14(23)9-1-3-10(18)4-2-9/h1-4,7,11,13,22H,5-6,8,19H2,(H,20,24)/t11-,13+,16?/m0/s1. The third kappa shape index (κ3) is 3.41. The molecule has 2 amide bonds. The van der Waals surface area contributed by atoms with Crippen molar-refractivity contribution >= 4 is 34.4 Å². The molecule has 0 aromatic heterocycles. The van der Waals surface area contributed by atoms with Gasteiger partial charge in [-0.3, -0.25) is 15.4 Å². The van der Waals surface area contributed by atoms with E-state index in [9.17, 15) is 14.0 Å². The summed E-state index contributed by atoms with van der Waals surface area (Å²) in [6.45, 7) is -0.176. The van der Waals surface area contributed by atoms with Crippen LogP contribution in [-0.2, 0) is 4.74 Å². The third-order valence-corrected chi connectivity index (χ3v) is 4.95. The smallest absolute Gasteiger partial charge is 0.325 e. The maximum Gasteiger partial charge on any atom is 0.325 e. The first kappa shape index (κ1) is 18.2. The molecule has 2 heterocycles. The zero-order chi connectivity index (χ0) is 18.2. The molecule has 0 bridgehead atoms. The van der Waals surface area contributed by atoms with Gasteiger partial charge in [-0.1, -0.05) is 12.1 Å². The fourth-order valence-electron chi connectivity index (χ4n) is 2.81. The molecule has 25 heavy (non-hydrogen) atoms. The maximum atomic E-state index is 14.7. The number of carbonyl (C=O) groups excluding carboxylic acids is 2. The first-order chi connectivity index (χ1) is 11.8. The largest absolute Gasteiger partial charge is 0.394 e. The van der Waals surface area contributed by atoms with Gasteiger partial charge in [-0.25, -0.2) is 9.18 Å². The van der Waals surface area contributed by atoms with Crippen LogP contribution in [0.5, 0.6) is 0 Å². The highest BCUT2D eigenvalue weighted by atomic mass is 127. The summed E-state index contributed by atoms with van der Waals surface area (Å²) in [5.74, 6) is -1.72. The molecule has 7 nitrogen and oxygen atoms in total. The van der Waals surface area contributed by atoms with Gasteiger partial charge in [0.15, 0.2) is 5.83 Å². The first-order valence-corrected chi connectivity index (χ1v) is 8.77. The lowest BCUT2D eigenvalue weighted by Crippen LogP contribution is -2.67. The Balaban J connectivity index is 1.84. The van der Waals surface area contributed by atoms with Gasteiger partial charge in [0, 0.05) is 15.3 Å². The Morgan fingerprint density at radius 3 is 2.72 bits per heavy atom. The predicted octanol–water partition coefficient (Wildman–Crippen LogP) is 1.46. The number of nitrogens with zero attached hydrogens (tertiary/aromatic N) is 1. The number of hydrogen-bond acceptors (Lipinski definition) is 5. The number of ketones is 1. The quantitative estimate of drug-likeness (QED) is 0.466. The van der Waals surface area contributed by atoms with Gasteiger partial charge in [-0.05, 0) is 47.6 Å². The number of hydrogen-bond donors (Lipinski definition) is 3. The van der Waals surface area contributed by atoms with E-state index in [1.807, 2.05) is 0 Å². The number of carbonyl (C=O) groups is 2. The highest BCUT2D eigenvalue weighted by molar-refractivity contribution is 14.1. The van der Waals surface area contributed by atoms with Crippen LogP contribution < -0.4 is 11.1 Å². The van der Waals surface area contributed by atoms with Crippen molar-refractivity contribution in [2.24, 2.45) is 5.73 Å². The summed E-state index contributed by atoms with van der Waals surface area (Å²) in [4.78, 5) is 26.0. The summed E-state index contributed by atoms with van der Waals surface area (Å²) in [6.07, 6.45) is 0.794. The molecular formula is C16H17FIN3O4. The van der Waals surface area contributed by atoms with Crippen LogP contribution in [0.1, 0.15) is 23.2 Å². The number of nitrogens with one attached hydrogen (secondary N) is 1. The second kappa shape index (κ2) is 6.98. The van der Waals surface area contributed by atoms with Crippen LogP contribution in [0.2, 0.25) is 0 Å². The van der Waals surface area contributed by atoms with E-state index in [0.29, 0.717) is 12.8 Å². The summed E-state index contributed by atoms with van der Waals surface area (Å²) in [5.41, 5.74) is 3.82. The Bertz CT molecular complexity index is 727. The molecule has 1 saturated heterocycles. The van der Waals surface area contributed by atoms with Gasteiger partial charge in [0.05, 0.1) is 12.7 Å². The first-order valence-electron chi connectivity index (χ1n) is 7.69. The zero-order valence-corrected chi connectivity index (χ0v) is 15.3. The van der Waals surface area contributed by atoms with Crippen LogP contribution in [-0.4, -0.2) is 46.4 Å². The van der Waals surface area contributed by atoms with Crippen molar-refractivity contribution in [2.75, 3.05) is 6.61 Å². The molecule has 3 atom stereocenters. The number of rotatable bonds is 4. The predicted molar refractivity (Wildman–Crippen MR) is 95.0 cm³/mol. The van der Waals surface area contributed by atoms with Crippen LogP contribution in [0.3, 0.4) is 0 Å². The molecule has 3 rings (SSSR count). The molecule has 0 radical (unpaired) electrons. The molecule has 2 aliphatic heterocycles. The molecule has 9 heteroatoms.